The normalized spacial score (nSPS) is 18.7. The van der Waals surface area contributed by atoms with Crippen LogP contribution in [0.4, 0.5) is 0 Å². The van der Waals surface area contributed by atoms with Gasteiger partial charge in [-0.05, 0) is 24.5 Å². The summed E-state index contributed by atoms with van der Waals surface area (Å²) >= 11 is 0. The van der Waals surface area contributed by atoms with E-state index in [1.165, 1.54) is 7.11 Å². The average molecular weight is 250 g/mol. The van der Waals surface area contributed by atoms with Crippen LogP contribution in [0, 0.1) is 0 Å². The number of nitrogens with zero attached hydrogens (tertiary/aromatic N) is 1. The van der Waals surface area contributed by atoms with Crippen molar-refractivity contribution in [2.75, 3.05) is 20.3 Å². The van der Waals surface area contributed by atoms with E-state index in [0.29, 0.717) is 24.7 Å². The maximum atomic E-state index is 12.2. The number of aromatic nitrogens is 1. The van der Waals surface area contributed by atoms with Crippen LogP contribution in [0.25, 0.3) is 0 Å². The molecule has 0 spiro atoms. The van der Waals surface area contributed by atoms with Gasteiger partial charge in [0.15, 0.2) is 0 Å². The van der Waals surface area contributed by atoms with E-state index in [1.54, 1.807) is 6.20 Å². The van der Waals surface area contributed by atoms with Gasteiger partial charge in [0.1, 0.15) is 5.56 Å². The molecule has 1 aliphatic heterocycles. The van der Waals surface area contributed by atoms with Gasteiger partial charge in [-0.3, -0.25) is 4.79 Å². The summed E-state index contributed by atoms with van der Waals surface area (Å²) in [4.78, 5) is 16.3. The van der Waals surface area contributed by atoms with E-state index in [0.717, 1.165) is 18.4 Å². The van der Waals surface area contributed by atoms with Gasteiger partial charge in [0.05, 0.1) is 19.8 Å². The molecule has 0 aromatic carbocycles. The topological polar surface area (TPSA) is 60.5 Å². The van der Waals surface area contributed by atoms with E-state index in [-0.39, 0.29) is 11.9 Å². The van der Waals surface area contributed by atoms with Crippen LogP contribution < -0.4 is 10.1 Å². The zero-order valence-corrected chi connectivity index (χ0v) is 10.7. The highest BCUT2D eigenvalue weighted by atomic mass is 16.5. The first-order chi connectivity index (χ1) is 8.74. The van der Waals surface area contributed by atoms with Gasteiger partial charge in [0.25, 0.3) is 5.91 Å². The van der Waals surface area contributed by atoms with E-state index in [1.807, 2.05) is 13.0 Å². The number of methoxy groups -OCH3 is 1. The molecule has 98 valence electrons. The van der Waals surface area contributed by atoms with Crippen molar-refractivity contribution in [3.05, 3.63) is 23.4 Å². The van der Waals surface area contributed by atoms with Crippen molar-refractivity contribution in [2.24, 2.45) is 0 Å². The Balaban J connectivity index is 2.16. The fourth-order valence-electron chi connectivity index (χ4n) is 1.93. The van der Waals surface area contributed by atoms with Gasteiger partial charge < -0.3 is 14.8 Å². The standard InChI is InChI=1S/C13H18N2O3/c1-3-9-6-11(13(17-2)14-7-9)12(16)15-10-4-5-18-8-10/h6-7,10H,3-5,8H2,1-2H3,(H,15,16). The summed E-state index contributed by atoms with van der Waals surface area (Å²) in [5.41, 5.74) is 1.51. The van der Waals surface area contributed by atoms with Crippen LogP contribution in [0.2, 0.25) is 0 Å². The summed E-state index contributed by atoms with van der Waals surface area (Å²) in [5.74, 6) is 0.216. The summed E-state index contributed by atoms with van der Waals surface area (Å²) in [6.45, 7) is 3.31. The van der Waals surface area contributed by atoms with E-state index in [4.69, 9.17) is 9.47 Å². The van der Waals surface area contributed by atoms with Gasteiger partial charge in [0.2, 0.25) is 5.88 Å². The zero-order chi connectivity index (χ0) is 13.0. The van der Waals surface area contributed by atoms with Gasteiger partial charge in [0, 0.05) is 12.8 Å². The first-order valence-corrected chi connectivity index (χ1v) is 6.16. The van der Waals surface area contributed by atoms with Crippen molar-refractivity contribution >= 4 is 5.91 Å². The minimum atomic E-state index is -0.148. The van der Waals surface area contributed by atoms with Gasteiger partial charge in [-0.1, -0.05) is 6.92 Å². The predicted molar refractivity (Wildman–Crippen MR) is 66.9 cm³/mol. The molecule has 1 fully saturated rings. The fraction of sp³-hybridized carbons (Fsp3) is 0.538. The van der Waals surface area contributed by atoms with E-state index in [9.17, 15) is 4.79 Å². The Morgan fingerprint density at radius 3 is 3.11 bits per heavy atom. The van der Waals surface area contributed by atoms with Gasteiger partial charge >= 0.3 is 0 Å². The summed E-state index contributed by atoms with van der Waals surface area (Å²) in [7, 11) is 1.52. The van der Waals surface area contributed by atoms with E-state index >= 15 is 0 Å². The molecule has 1 atom stereocenters. The number of aryl methyl sites for hydroxylation is 1. The molecule has 5 nitrogen and oxygen atoms in total. The molecule has 0 bridgehead atoms. The highest BCUT2D eigenvalue weighted by molar-refractivity contribution is 5.96. The molecule has 2 heterocycles. The molecular formula is C13H18N2O3. The third-order valence-corrected chi connectivity index (χ3v) is 3.02. The first-order valence-electron chi connectivity index (χ1n) is 6.16. The number of pyridine rings is 1. The van der Waals surface area contributed by atoms with Crippen LogP contribution in [0.1, 0.15) is 29.3 Å². The average Bonchev–Trinajstić information content (AvgIpc) is 2.90. The quantitative estimate of drug-likeness (QED) is 0.871. The number of carbonyl (C=O) groups excluding carboxylic acids is 1. The monoisotopic (exact) mass is 250 g/mol. The molecule has 1 aromatic heterocycles. The molecule has 5 heteroatoms. The second kappa shape index (κ2) is 5.82. The maximum absolute atomic E-state index is 12.2. The Morgan fingerprint density at radius 2 is 2.50 bits per heavy atom. The van der Waals surface area contributed by atoms with Crippen LogP contribution in [0.15, 0.2) is 12.3 Å². The largest absolute Gasteiger partial charge is 0.480 e. The lowest BCUT2D eigenvalue weighted by molar-refractivity contribution is 0.0926. The lowest BCUT2D eigenvalue weighted by Crippen LogP contribution is -2.35. The Morgan fingerprint density at radius 1 is 1.67 bits per heavy atom. The summed E-state index contributed by atoms with van der Waals surface area (Å²) in [6, 6.07) is 1.92. The van der Waals surface area contributed by atoms with Crippen LogP contribution in [0.3, 0.4) is 0 Å². The lowest BCUT2D eigenvalue weighted by atomic mass is 10.1. The number of rotatable bonds is 4. The van der Waals surface area contributed by atoms with Gasteiger partial charge in [-0.2, -0.15) is 0 Å². The molecule has 1 aromatic rings. The number of nitrogens with one attached hydrogen (secondary N) is 1. The molecule has 1 aliphatic rings. The van der Waals surface area contributed by atoms with Gasteiger partial charge in [-0.15, -0.1) is 0 Å². The number of amides is 1. The molecule has 0 aliphatic carbocycles. The Bertz CT molecular complexity index is 428. The Hall–Kier alpha value is -1.62. The molecular weight excluding hydrogens is 232 g/mol. The minimum Gasteiger partial charge on any atom is -0.480 e. The number of carbonyl (C=O) groups is 1. The first kappa shape index (κ1) is 12.8. The molecule has 0 radical (unpaired) electrons. The fourth-order valence-corrected chi connectivity index (χ4v) is 1.93. The molecule has 1 unspecified atom stereocenters. The second-order valence-electron chi connectivity index (χ2n) is 4.29. The summed E-state index contributed by atoms with van der Waals surface area (Å²) in [5, 5.41) is 2.94. The van der Waals surface area contributed by atoms with Crippen molar-refractivity contribution in [3.63, 3.8) is 0 Å². The molecule has 18 heavy (non-hydrogen) atoms. The van der Waals surface area contributed by atoms with Crippen LogP contribution in [-0.2, 0) is 11.2 Å². The Labute approximate surface area is 107 Å². The third-order valence-electron chi connectivity index (χ3n) is 3.02. The Kier molecular flexibility index (Phi) is 4.15. The summed E-state index contributed by atoms with van der Waals surface area (Å²) < 4.78 is 10.4. The van der Waals surface area contributed by atoms with E-state index < -0.39 is 0 Å². The summed E-state index contributed by atoms with van der Waals surface area (Å²) in [6.07, 6.45) is 3.42. The highest BCUT2D eigenvalue weighted by Gasteiger charge is 2.21. The number of ether oxygens (including phenoxy) is 2. The third kappa shape index (κ3) is 2.79. The molecule has 1 N–H and O–H groups in total. The molecule has 1 saturated heterocycles. The van der Waals surface area contributed by atoms with Crippen LogP contribution in [-0.4, -0.2) is 37.3 Å². The number of hydrogen-bond acceptors (Lipinski definition) is 4. The van der Waals surface area contributed by atoms with Crippen LogP contribution in [0.5, 0.6) is 5.88 Å². The highest BCUT2D eigenvalue weighted by Crippen LogP contribution is 2.17. The van der Waals surface area contributed by atoms with Gasteiger partial charge in [-0.25, -0.2) is 4.98 Å². The SMILES string of the molecule is CCc1cnc(OC)c(C(=O)NC2CCOC2)c1. The smallest absolute Gasteiger partial charge is 0.257 e. The van der Waals surface area contributed by atoms with E-state index in [2.05, 4.69) is 10.3 Å². The van der Waals surface area contributed by atoms with Crippen LogP contribution >= 0.6 is 0 Å². The second-order valence-corrected chi connectivity index (χ2v) is 4.29. The lowest BCUT2D eigenvalue weighted by Gasteiger charge is -2.13. The zero-order valence-electron chi connectivity index (χ0n) is 10.7. The van der Waals surface area contributed by atoms with Crippen molar-refractivity contribution in [2.45, 2.75) is 25.8 Å². The van der Waals surface area contributed by atoms with Crippen molar-refractivity contribution in [3.8, 4) is 5.88 Å². The predicted octanol–water partition coefficient (Wildman–Crippen LogP) is 1.17. The molecule has 2 rings (SSSR count). The molecule has 0 saturated carbocycles. The van der Waals surface area contributed by atoms with Crippen molar-refractivity contribution in [1.82, 2.24) is 10.3 Å². The minimum absolute atomic E-state index is 0.0903. The number of hydrogen-bond donors (Lipinski definition) is 1. The maximum Gasteiger partial charge on any atom is 0.257 e. The van der Waals surface area contributed by atoms with Crippen molar-refractivity contribution in [1.29, 1.82) is 0 Å². The molecule has 1 amide bonds. The van der Waals surface area contributed by atoms with Crippen molar-refractivity contribution < 1.29 is 14.3 Å².